The highest BCUT2D eigenvalue weighted by Crippen LogP contribution is 2.34. The van der Waals surface area contributed by atoms with E-state index in [2.05, 4.69) is 10.2 Å². The Morgan fingerprint density at radius 3 is 2.66 bits per heavy atom. The second-order valence-corrected chi connectivity index (χ2v) is 9.11. The van der Waals surface area contributed by atoms with Crippen molar-refractivity contribution in [2.75, 3.05) is 38.3 Å². The van der Waals surface area contributed by atoms with Crippen LogP contribution in [-0.4, -0.2) is 55.9 Å². The van der Waals surface area contributed by atoms with Crippen LogP contribution in [-0.2, 0) is 20.7 Å². The largest absolute Gasteiger partial charge is 0.379 e. The molecule has 29 heavy (non-hydrogen) atoms. The number of thiazole rings is 1. The summed E-state index contributed by atoms with van der Waals surface area (Å²) < 4.78 is 10.9. The normalized spacial score (nSPS) is 15.9. The van der Waals surface area contributed by atoms with Gasteiger partial charge < -0.3 is 19.7 Å². The zero-order valence-corrected chi connectivity index (χ0v) is 18.6. The number of nitrogens with one attached hydrogen (secondary N) is 1. The zero-order valence-electron chi connectivity index (χ0n) is 17.7. The number of anilines is 1. The Hall–Kier alpha value is -1.96. The SMILES string of the molecule is COC(C)(C)C[C@@H](C)NC(=O)Cc1sc(N2CCOCC2)nc1-c1ccccc1. The minimum atomic E-state index is -0.268. The van der Waals surface area contributed by atoms with Gasteiger partial charge in [0.1, 0.15) is 0 Å². The summed E-state index contributed by atoms with van der Waals surface area (Å²) >= 11 is 1.61. The van der Waals surface area contributed by atoms with E-state index < -0.39 is 0 Å². The lowest BCUT2D eigenvalue weighted by Crippen LogP contribution is -2.39. The lowest BCUT2D eigenvalue weighted by molar-refractivity contribution is -0.121. The fraction of sp³-hybridized carbons (Fsp3) is 0.545. The molecular weight excluding hydrogens is 386 g/mol. The third-order valence-electron chi connectivity index (χ3n) is 5.09. The first kappa shape index (κ1) is 21.7. The van der Waals surface area contributed by atoms with Gasteiger partial charge in [0.2, 0.25) is 5.91 Å². The molecule has 1 atom stereocenters. The number of rotatable bonds is 8. The van der Waals surface area contributed by atoms with Crippen molar-refractivity contribution in [3.05, 3.63) is 35.2 Å². The van der Waals surface area contributed by atoms with Crippen molar-refractivity contribution < 1.29 is 14.3 Å². The molecule has 0 saturated carbocycles. The number of hydrogen-bond donors (Lipinski definition) is 1. The third-order valence-corrected chi connectivity index (χ3v) is 6.21. The van der Waals surface area contributed by atoms with Crippen LogP contribution in [0, 0.1) is 0 Å². The second kappa shape index (κ2) is 9.69. The van der Waals surface area contributed by atoms with Crippen molar-refractivity contribution in [3.63, 3.8) is 0 Å². The van der Waals surface area contributed by atoms with Gasteiger partial charge >= 0.3 is 0 Å². The van der Waals surface area contributed by atoms with Crippen LogP contribution in [0.5, 0.6) is 0 Å². The number of carbonyl (C=O) groups is 1. The number of morpholine rings is 1. The number of benzene rings is 1. The van der Waals surface area contributed by atoms with Crippen LogP contribution in [0.3, 0.4) is 0 Å². The minimum Gasteiger partial charge on any atom is -0.379 e. The molecule has 2 aromatic rings. The Morgan fingerprint density at radius 2 is 2.00 bits per heavy atom. The van der Waals surface area contributed by atoms with E-state index in [4.69, 9.17) is 14.5 Å². The third kappa shape index (κ3) is 6.01. The molecule has 1 N–H and O–H groups in total. The summed E-state index contributed by atoms with van der Waals surface area (Å²) in [7, 11) is 1.70. The number of aromatic nitrogens is 1. The fourth-order valence-electron chi connectivity index (χ4n) is 3.51. The van der Waals surface area contributed by atoms with Crippen LogP contribution in [0.15, 0.2) is 30.3 Å². The summed E-state index contributed by atoms with van der Waals surface area (Å²) in [5, 5.41) is 4.07. The molecule has 0 unspecified atom stereocenters. The van der Waals surface area contributed by atoms with E-state index in [1.165, 1.54) is 0 Å². The number of nitrogens with zero attached hydrogens (tertiary/aromatic N) is 2. The van der Waals surface area contributed by atoms with Gasteiger partial charge in [-0.3, -0.25) is 4.79 Å². The van der Waals surface area contributed by atoms with Gasteiger partial charge in [0.05, 0.1) is 30.9 Å². The summed E-state index contributed by atoms with van der Waals surface area (Å²) in [6, 6.07) is 10.1. The molecule has 0 spiro atoms. The van der Waals surface area contributed by atoms with E-state index in [1.54, 1.807) is 18.4 Å². The molecule has 1 fully saturated rings. The van der Waals surface area contributed by atoms with E-state index in [-0.39, 0.29) is 17.6 Å². The van der Waals surface area contributed by atoms with Gasteiger partial charge in [0, 0.05) is 36.7 Å². The fourth-order valence-corrected chi connectivity index (χ4v) is 4.65. The van der Waals surface area contributed by atoms with Crippen LogP contribution in [0.2, 0.25) is 0 Å². The van der Waals surface area contributed by atoms with E-state index in [0.717, 1.165) is 40.8 Å². The Labute approximate surface area is 177 Å². The van der Waals surface area contributed by atoms with Crippen LogP contribution in [0.25, 0.3) is 11.3 Å². The van der Waals surface area contributed by atoms with Crippen molar-refractivity contribution >= 4 is 22.4 Å². The standard InChI is InChI=1S/C22H31N3O3S/c1-16(15-22(2,3)27-4)23-19(26)14-18-20(17-8-6-5-7-9-17)24-21(29-18)25-10-12-28-13-11-25/h5-9,16H,10-15H2,1-4H3,(H,23,26)/t16-/m1/s1. The summed E-state index contributed by atoms with van der Waals surface area (Å²) in [4.78, 5) is 20.9. The van der Waals surface area contributed by atoms with Gasteiger partial charge in [-0.2, -0.15) is 0 Å². The van der Waals surface area contributed by atoms with E-state index in [9.17, 15) is 4.79 Å². The molecule has 1 aliphatic heterocycles. The van der Waals surface area contributed by atoms with Crippen LogP contribution in [0.4, 0.5) is 5.13 Å². The molecule has 6 nitrogen and oxygen atoms in total. The van der Waals surface area contributed by atoms with Gasteiger partial charge in [0.15, 0.2) is 5.13 Å². The summed E-state index contributed by atoms with van der Waals surface area (Å²) in [6.45, 7) is 9.16. The molecule has 7 heteroatoms. The van der Waals surface area contributed by atoms with Gasteiger partial charge in [-0.25, -0.2) is 4.98 Å². The quantitative estimate of drug-likeness (QED) is 0.712. The maximum Gasteiger partial charge on any atom is 0.225 e. The van der Waals surface area contributed by atoms with Crippen molar-refractivity contribution in [3.8, 4) is 11.3 Å². The zero-order chi connectivity index (χ0) is 20.9. The van der Waals surface area contributed by atoms with Crippen LogP contribution < -0.4 is 10.2 Å². The molecule has 1 aromatic carbocycles. The molecular formula is C22H31N3O3S. The van der Waals surface area contributed by atoms with E-state index in [0.29, 0.717) is 19.6 Å². The number of hydrogen-bond acceptors (Lipinski definition) is 6. The molecule has 0 radical (unpaired) electrons. The molecule has 0 aliphatic carbocycles. The molecule has 1 saturated heterocycles. The molecule has 0 bridgehead atoms. The summed E-state index contributed by atoms with van der Waals surface area (Å²) in [5.74, 6) is 0.0127. The monoisotopic (exact) mass is 417 g/mol. The average molecular weight is 418 g/mol. The van der Waals surface area contributed by atoms with Crippen molar-refractivity contribution in [2.24, 2.45) is 0 Å². The molecule has 1 amide bonds. The maximum absolute atomic E-state index is 12.8. The number of methoxy groups -OCH3 is 1. The van der Waals surface area contributed by atoms with Crippen molar-refractivity contribution in [1.82, 2.24) is 10.3 Å². The van der Waals surface area contributed by atoms with Gasteiger partial charge in [0.25, 0.3) is 0 Å². The first-order chi connectivity index (χ1) is 13.9. The lowest BCUT2D eigenvalue weighted by atomic mass is 10.00. The average Bonchev–Trinajstić information content (AvgIpc) is 3.12. The highest BCUT2D eigenvalue weighted by Gasteiger charge is 2.24. The van der Waals surface area contributed by atoms with E-state index in [1.807, 2.05) is 51.1 Å². The van der Waals surface area contributed by atoms with Gasteiger partial charge in [-0.05, 0) is 27.2 Å². The Bertz CT molecular complexity index is 801. The summed E-state index contributed by atoms with van der Waals surface area (Å²) in [6.07, 6.45) is 1.08. The molecule has 2 heterocycles. The van der Waals surface area contributed by atoms with Gasteiger partial charge in [-0.15, -0.1) is 11.3 Å². The summed E-state index contributed by atoms with van der Waals surface area (Å²) in [5.41, 5.74) is 1.67. The van der Waals surface area contributed by atoms with Crippen molar-refractivity contribution in [1.29, 1.82) is 0 Å². The number of ether oxygens (including phenoxy) is 2. The van der Waals surface area contributed by atoms with E-state index >= 15 is 0 Å². The smallest absolute Gasteiger partial charge is 0.225 e. The maximum atomic E-state index is 12.8. The number of carbonyl (C=O) groups excluding carboxylic acids is 1. The predicted octanol–water partition coefficient (Wildman–Crippen LogP) is 3.51. The first-order valence-electron chi connectivity index (χ1n) is 10.1. The molecule has 3 rings (SSSR count). The molecule has 1 aliphatic rings. The Morgan fingerprint density at radius 1 is 1.31 bits per heavy atom. The molecule has 158 valence electrons. The number of amides is 1. The lowest BCUT2D eigenvalue weighted by Gasteiger charge is -2.27. The topological polar surface area (TPSA) is 63.7 Å². The minimum absolute atomic E-state index is 0.0127. The first-order valence-corrected chi connectivity index (χ1v) is 10.9. The second-order valence-electron chi connectivity index (χ2n) is 8.05. The Kier molecular flexibility index (Phi) is 7.27. The van der Waals surface area contributed by atoms with Crippen LogP contribution >= 0.6 is 11.3 Å². The van der Waals surface area contributed by atoms with Crippen LogP contribution in [0.1, 0.15) is 32.1 Å². The highest BCUT2D eigenvalue weighted by molar-refractivity contribution is 7.16. The van der Waals surface area contributed by atoms with Gasteiger partial charge in [-0.1, -0.05) is 30.3 Å². The van der Waals surface area contributed by atoms with Crippen molar-refractivity contribution in [2.45, 2.75) is 45.3 Å². The highest BCUT2D eigenvalue weighted by atomic mass is 32.1. The Balaban J connectivity index is 1.76. The predicted molar refractivity (Wildman–Crippen MR) is 118 cm³/mol. The molecule has 1 aromatic heterocycles.